The van der Waals surface area contributed by atoms with Gasteiger partial charge in [0.2, 0.25) is 11.8 Å². The quantitative estimate of drug-likeness (QED) is 0.875. The van der Waals surface area contributed by atoms with Crippen molar-refractivity contribution in [2.75, 3.05) is 13.2 Å². The van der Waals surface area contributed by atoms with Crippen molar-refractivity contribution in [3.05, 3.63) is 29.8 Å². The average Bonchev–Trinajstić information content (AvgIpc) is 2.90. The molecule has 0 radical (unpaired) electrons. The number of rotatable bonds is 2. The molecule has 1 fully saturated rings. The Bertz CT molecular complexity index is 544. The molecule has 0 aromatic heterocycles. The van der Waals surface area contributed by atoms with Crippen LogP contribution in [0.4, 0.5) is 0 Å². The van der Waals surface area contributed by atoms with Crippen LogP contribution in [0.1, 0.15) is 30.7 Å². The molecule has 0 aliphatic carbocycles. The van der Waals surface area contributed by atoms with E-state index in [4.69, 9.17) is 10.5 Å². The Labute approximate surface area is 117 Å². The lowest BCUT2D eigenvalue weighted by Crippen LogP contribution is -2.52. The lowest BCUT2D eigenvalue weighted by atomic mass is 9.95. The van der Waals surface area contributed by atoms with Crippen molar-refractivity contribution in [2.45, 2.75) is 31.2 Å². The van der Waals surface area contributed by atoms with E-state index in [2.05, 4.69) is 0 Å². The van der Waals surface area contributed by atoms with Crippen LogP contribution in [0, 0.1) is 0 Å². The summed E-state index contributed by atoms with van der Waals surface area (Å²) in [5, 5.41) is 0. The molecule has 0 saturated carbocycles. The van der Waals surface area contributed by atoms with E-state index >= 15 is 0 Å². The summed E-state index contributed by atoms with van der Waals surface area (Å²) in [5.41, 5.74) is 6.33. The number of hydrogen-bond donors (Lipinski definition) is 1. The van der Waals surface area contributed by atoms with Crippen molar-refractivity contribution in [3.63, 3.8) is 0 Å². The third-order valence-electron chi connectivity index (χ3n) is 4.11. The monoisotopic (exact) mass is 274 g/mol. The van der Waals surface area contributed by atoms with Crippen LogP contribution in [-0.4, -0.2) is 35.9 Å². The molecule has 1 aromatic carbocycles. The van der Waals surface area contributed by atoms with Crippen LogP contribution >= 0.6 is 0 Å². The largest absolute Gasteiger partial charge is 0.492 e. The second-order valence-corrected chi connectivity index (χ2v) is 5.35. The summed E-state index contributed by atoms with van der Waals surface area (Å²) in [6, 6.07) is 7.09. The van der Waals surface area contributed by atoms with Crippen LogP contribution in [0.5, 0.6) is 5.75 Å². The van der Waals surface area contributed by atoms with Crippen LogP contribution in [-0.2, 0) is 9.59 Å². The number of carbonyl (C=O) groups is 2. The average molecular weight is 274 g/mol. The summed E-state index contributed by atoms with van der Waals surface area (Å²) >= 11 is 0. The number of carbonyl (C=O) groups excluding carboxylic acids is 2. The number of nitrogens with zero attached hydrogens (tertiary/aromatic N) is 1. The van der Waals surface area contributed by atoms with E-state index in [1.807, 2.05) is 24.3 Å². The number of piperidine rings is 1. The van der Waals surface area contributed by atoms with Gasteiger partial charge in [-0.1, -0.05) is 18.2 Å². The van der Waals surface area contributed by atoms with Crippen LogP contribution in [0.15, 0.2) is 24.3 Å². The van der Waals surface area contributed by atoms with Crippen LogP contribution < -0.4 is 10.5 Å². The van der Waals surface area contributed by atoms with Gasteiger partial charge in [0.05, 0.1) is 0 Å². The number of hydrogen-bond acceptors (Lipinski definition) is 3. The first-order chi connectivity index (χ1) is 9.68. The van der Waals surface area contributed by atoms with Gasteiger partial charge in [0.1, 0.15) is 24.3 Å². The van der Waals surface area contributed by atoms with Gasteiger partial charge in [-0.05, 0) is 25.3 Å². The fourth-order valence-electron chi connectivity index (χ4n) is 3.06. The van der Waals surface area contributed by atoms with E-state index < -0.39 is 11.9 Å². The highest BCUT2D eigenvalue weighted by Crippen LogP contribution is 2.35. The Morgan fingerprint density at radius 3 is 2.85 bits per heavy atom. The molecule has 2 heterocycles. The molecule has 2 N–H and O–H groups in total. The van der Waals surface area contributed by atoms with Gasteiger partial charge < -0.3 is 15.4 Å². The number of likely N-dealkylation sites (tertiary alicyclic amines) is 1. The zero-order valence-corrected chi connectivity index (χ0v) is 11.2. The zero-order chi connectivity index (χ0) is 14.1. The summed E-state index contributed by atoms with van der Waals surface area (Å²) in [4.78, 5) is 25.9. The lowest BCUT2D eigenvalue weighted by Gasteiger charge is -2.35. The summed E-state index contributed by atoms with van der Waals surface area (Å²) in [6.07, 6.45) is 2.52. The summed E-state index contributed by atoms with van der Waals surface area (Å²) in [7, 11) is 0. The first-order valence-corrected chi connectivity index (χ1v) is 7.00. The third kappa shape index (κ3) is 2.13. The Morgan fingerprint density at radius 1 is 1.25 bits per heavy atom. The predicted molar refractivity (Wildman–Crippen MR) is 73.2 cm³/mol. The minimum Gasteiger partial charge on any atom is -0.492 e. The van der Waals surface area contributed by atoms with Crippen LogP contribution in [0.2, 0.25) is 0 Å². The van der Waals surface area contributed by atoms with Gasteiger partial charge in [-0.25, -0.2) is 0 Å². The molecule has 5 nitrogen and oxygen atoms in total. The SMILES string of the molecule is NC(=O)C1CCCCN1C(=O)C1COc2ccccc21. The van der Waals surface area contributed by atoms with E-state index in [9.17, 15) is 9.59 Å². The van der Waals surface area contributed by atoms with Gasteiger partial charge >= 0.3 is 0 Å². The summed E-state index contributed by atoms with van der Waals surface area (Å²) in [6.45, 7) is 0.950. The number of primary amides is 1. The smallest absolute Gasteiger partial charge is 0.240 e. The van der Waals surface area contributed by atoms with Crippen LogP contribution in [0.3, 0.4) is 0 Å². The molecule has 3 rings (SSSR count). The third-order valence-corrected chi connectivity index (χ3v) is 4.11. The molecule has 1 aromatic rings. The number of ether oxygens (including phenoxy) is 1. The van der Waals surface area contributed by atoms with Gasteiger partial charge in [0, 0.05) is 12.1 Å². The molecule has 2 amide bonds. The Morgan fingerprint density at radius 2 is 2.05 bits per heavy atom. The minimum absolute atomic E-state index is 0.0431. The van der Waals surface area contributed by atoms with Gasteiger partial charge in [-0.15, -0.1) is 0 Å². The van der Waals surface area contributed by atoms with Gasteiger partial charge in [0.25, 0.3) is 0 Å². The van der Waals surface area contributed by atoms with Gasteiger partial charge in [0.15, 0.2) is 0 Å². The van der Waals surface area contributed by atoms with Crippen molar-refractivity contribution < 1.29 is 14.3 Å². The Kier molecular flexibility index (Phi) is 3.34. The summed E-state index contributed by atoms with van der Waals surface area (Å²) < 4.78 is 5.56. The minimum atomic E-state index is -0.469. The van der Waals surface area contributed by atoms with Crippen molar-refractivity contribution >= 4 is 11.8 Å². The molecule has 2 atom stereocenters. The maximum Gasteiger partial charge on any atom is 0.240 e. The second kappa shape index (κ2) is 5.15. The standard InChI is InChI=1S/C15H18N2O3/c16-14(18)12-6-3-4-8-17(12)15(19)11-9-20-13-7-2-1-5-10(11)13/h1-2,5,7,11-12H,3-4,6,8-9H2,(H2,16,18). The second-order valence-electron chi connectivity index (χ2n) is 5.35. The highest BCUT2D eigenvalue weighted by atomic mass is 16.5. The topological polar surface area (TPSA) is 72.6 Å². The van der Waals surface area contributed by atoms with E-state index in [0.29, 0.717) is 19.6 Å². The fraction of sp³-hybridized carbons (Fsp3) is 0.467. The number of nitrogens with two attached hydrogens (primary N) is 1. The molecule has 106 valence electrons. The molecule has 2 aliphatic heterocycles. The number of benzene rings is 1. The maximum absolute atomic E-state index is 12.7. The van der Waals surface area contributed by atoms with E-state index in [1.165, 1.54) is 0 Å². The zero-order valence-electron chi connectivity index (χ0n) is 11.2. The summed E-state index contributed by atoms with van der Waals surface area (Å²) in [5.74, 6) is -0.00617. The molecule has 5 heteroatoms. The highest BCUT2D eigenvalue weighted by Gasteiger charge is 2.38. The molecule has 2 unspecified atom stereocenters. The molecule has 0 spiro atoms. The number of fused-ring (bicyclic) bond motifs is 1. The van der Waals surface area contributed by atoms with Gasteiger partial charge in [-0.2, -0.15) is 0 Å². The predicted octanol–water partition coefficient (Wildman–Crippen LogP) is 1.03. The lowest BCUT2D eigenvalue weighted by molar-refractivity contribution is -0.142. The van der Waals surface area contributed by atoms with Crippen molar-refractivity contribution in [3.8, 4) is 5.75 Å². The van der Waals surface area contributed by atoms with Crippen molar-refractivity contribution in [1.29, 1.82) is 0 Å². The van der Waals surface area contributed by atoms with Crippen molar-refractivity contribution in [1.82, 2.24) is 4.90 Å². The van der Waals surface area contributed by atoms with E-state index in [1.54, 1.807) is 4.90 Å². The molecule has 0 bridgehead atoms. The normalized spacial score (nSPS) is 24.9. The molecule has 2 aliphatic rings. The molecular formula is C15H18N2O3. The molecule has 1 saturated heterocycles. The van der Waals surface area contributed by atoms with Crippen molar-refractivity contribution in [2.24, 2.45) is 5.73 Å². The molecule has 20 heavy (non-hydrogen) atoms. The highest BCUT2D eigenvalue weighted by molar-refractivity contribution is 5.91. The number of amides is 2. The van der Waals surface area contributed by atoms with Gasteiger partial charge in [-0.3, -0.25) is 9.59 Å². The van der Waals surface area contributed by atoms with E-state index in [0.717, 1.165) is 24.2 Å². The molecular weight excluding hydrogens is 256 g/mol. The maximum atomic E-state index is 12.7. The van der Waals surface area contributed by atoms with E-state index in [-0.39, 0.29) is 11.8 Å². The fourth-order valence-corrected chi connectivity index (χ4v) is 3.06. The first-order valence-electron chi connectivity index (χ1n) is 7.00. The number of para-hydroxylation sites is 1. The van der Waals surface area contributed by atoms with Crippen LogP contribution in [0.25, 0.3) is 0 Å². The first kappa shape index (κ1) is 13.0. The Balaban J connectivity index is 1.84. The Hall–Kier alpha value is -2.04.